The van der Waals surface area contributed by atoms with Gasteiger partial charge in [0.2, 0.25) is 12.6 Å². The smallest absolute Gasteiger partial charge is 0.341 e. The summed E-state index contributed by atoms with van der Waals surface area (Å²) in [6.07, 6.45) is -25.8. The van der Waals surface area contributed by atoms with Crippen molar-refractivity contribution in [3.05, 3.63) is 46.5 Å². The number of hydrogen-bond donors (Lipinski definition) is 12. The average molecular weight is 959 g/mol. The van der Waals surface area contributed by atoms with E-state index in [2.05, 4.69) is 0 Å². The first-order chi connectivity index (χ1) is 31.5. The van der Waals surface area contributed by atoms with Gasteiger partial charge >= 0.3 is 23.9 Å². The minimum absolute atomic E-state index is 0.00551. The number of carbonyl (C=O) groups excluding carboxylic acids is 3. The molecule has 25 nitrogen and oxygen atoms in total. The Morgan fingerprint density at radius 2 is 1.03 bits per heavy atom. The Kier molecular flexibility index (Phi) is 15.6. The molecule has 4 aliphatic rings. The summed E-state index contributed by atoms with van der Waals surface area (Å²) in [6, 6.07) is 4.98. The molecule has 0 radical (unpaired) electrons. The summed E-state index contributed by atoms with van der Waals surface area (Å²) in [6.45, 7) is 0.532. The van der Waals surface area contributed by atoms with Gasteiger partial charge in [-0.2, -0.15) is 0 Å². The van der Waals surface area contributed by atoms with Crippen molar-refractivity contribution in [2.45, 2.75) is 137 Å². The summed E-state index contributed by atoms with van der Waals surface area (Å²) in [4.78, 5) is 49.7. The molecule has 2 aromatic rings. The first-order valence-corrected chi connectivity index (χ1v) is 20.8. The van der Waals surface area contributed by atoms with Crippen LogP contribution in [0, 0.1) is 0 Å². The maximum Gasteiger partial charge on any atom is 0.341 e. The van der Waals surface area contributed by atoms with Crippen LogP contribution in [0.15, 0.2) is 24.3 Å². The van der Waals surface area contributed by atoms with Crippen LogP contribution in [-0.2, 0) is 55.7 Å². The lowest BCUT2D eigenvalue weighted by Gasteiger charge is -2.40. The van der Waals surface area contributed by atoms with Gasteiger partial charge < -0.3 is 104 Å². The molecular weight excluding hydrogens is 904 g/mol. The van der Waals surface area contributed by atoms with Crippen LogP contribution in [0.5, 0.6) is 23.0 Å². The zero-order valence-electron chi connectivity index (χ0n) is 36.3. The van der Waals surface area contributed by atoms with E-state index in [-0.39, 0.29) is 58.1 Å². The molecule has 372 valence electrons. The molecule has 0 spiro atoms. The van der Waals surface area contributed by atoms with Crippen molar-refractivity contribution < 1.29 is 123 Å². The number of aliphatic carboxylic acids is 1. The standard InChI is InChI=1S/C42H54O25/c1-41(57)35(53)33(66-39(41)55)17-9-15(5-7-25(44)45)19(11-21(17)59-3)63-38-32(52)30(50)28(48)24(65-38)14-61-26(46)8-6-16-10-18(34-36(54)42(2,58)40(56)67-34)22(60-4)12-20(16)62-37-31(51)29(49)27(47)23(13-43)64-37/h9-12,23-24,27-38,43,47-54,57-58H,5-8,13-14H2,1-4H3,(H,44,45)/t23-,24-,27-,28-,29+,30+,31-,32-,33+,34+,35-,36-,37-,38-,41-,42+/m1/s1. The van der Waals surface area contributed by atoms with E-state index >= 15 is 0 Å². The lowest BCUT2D eigenvalue weighted by molar-refractivity contribution is -0.278. The molecule has 4 fully saturated rings. The van der Waals surface area contributed by atoms with Gasteiger partial charge in [0.1, 0.15) is 90.6 Å². The summed E-state index contributed by atoms with van der Waals surface area (Å²) in [5.74, 6) is -5.02. The average Bonchev–Trinajstić information content (AvgIpc) is 3.63. The Hall–Kier alpha value is -5.00. The zero-order valence-corrected chi connectivity index (χ0v) is 36.3. The fourth-order valence-electron chi connectivity index (χ4n) is 7.85. The number of esters is 3. The fraction of sp³-hybridized carbons (Fsp3) is 0.619. The van der Waals surface area contributed by atoms with E-state index in [9.17, 15) is 80.5 Å². The number of aliphatic hydroxyl groups excluding tert-OH is 9. The summed E-state index contributed by atoms with van der Waals surface area (Å²) in [7, 11) is 2.42. The molecule has 0 saturated carbocycles. The first-order valence-electron chi connectivity index (χ1n) is 20.8. The van der Waals surface area contributed by atoms with Gasteiger partial charge in [0.15, 0.2) is 23.4 Å². The Bertz CT molecular complexity index is 2140. The number of aryl methyl sites for hydroxylation is 2. The molecule has 0 unspecified atom stereocenters. The number of aliphatic hydroxyl groups is 11. The Labute approximate surface area is 380 Å². The molecule has 6 rings (SSSR count). The Morgan fingerprint density at radius 1 is 0.612 bits per heavy atom. The van der Waals surface area contributed by atoms with E-state index in [1.54, 1.807) is 0 Å². The molecule has 25 heteroatoms. The second-order valence-electron chi connectivity index (χ2n) is 16.8. The third kappa shape index (κ3) is 10.2. The lowest BCUT2D eigenvalue weighted by Crippen LogP contribution is -2.60. The highest BCUT2D eigenvalue weighted by Gasteiger charge is 2.56. The normalized spacial score (nSPS) is 36.2. The second kappa shape index (κ2) is 20.3. The highest BCUT2D eigenvalue weighted by molar-refractivity contribution is 5.83. The number of ether oxygens (including phenoxy) is 9. The van der Waals surface area contributed by atoms with Gasteiger partial charge in [-0.05, 0) is 49.9 Å². The number of carboxylic acids is 1. The minimum atomic E-state index is -2.33. The van der Waals surface area contributed by atoms with Gasteiger partial charge in [-0.25, -0.2) is 9.59 Å². The van der Waals surface area contributed by atoms with Crippen molar-refractivity contribution in [3.63, 3.8) is 0 Å². The van der Waals surface area contributed by atoms with E-state index in [1.165, 1.54) is 38.5 Å². The van der Waals surface area contributed by atoms with Crippen LogP contribution in [0.4, 0.5) is 0 Å². The molecule has 4 heterocycles. The van der Waals surface area contributed by atoms with Crippen LogP contribution in [-0.4, -0.2) is 197 Å². The molecule has 0 aliphatic carbocycles. The van der Waals surface area contributed by atoms with Crippen molar-refractivity contribution in [1.82, 2.24) is 0 Å². The SMILES string of the molecule is COc1cc(O[C@@H]2O[C@H](COC(=O)CCc3cc([C@@H]4OC(=O)[C@@](C)(O)[C@@H]4O)c(OC)cc3O[C@@H]3O[C@H](CO)[C@@H](O)[C@H](O)[C@H]3O)[C@@H](O)[C@H](O)[C@H]2O)c(CCC(=O)O)cc1[C@@H]1OC(=O)[C@](C)(O)[C@@H]1O. The van der Waals surface area contributed by atoms with Crippen molar-refractivity contribution in [2.75, 3.05) is 27.4 Å². The number of hydrogen-bond acceptors (Lipinski definition) is 24. The number of methoxy groups -OCH3 is 2. The number of rotatable bonds is 17. The molecule has 67 heavy (non-hydrogen) atoms. The Morgan fingerprint density at radius 3 is 1.42 bits per heavy atom. The first kappa shape index (κ1) is 51.4. The van der Waals surface area contributed by atoms with Crippen LogP contribution in [0.2, 0.25) is 0 Å². The maximum atomic E-state index is 13.3. The molecular formula is C42H54O25. The zero-order chi connectivity index (χ0) is 49.4. The monoisotopic (exact) mass is 958 g/mol. The van der Waals surface area contributed by atoms with Crippen LogP contribution in [0.25, 0.3) is 0 Å². The predicted octanol–water partition coefficient (Wildman–Crippen LogP) is -4.32. The van der Waals surface area contributed by atoms with E-state index in [1.807, 2.05) is 0 Å². The van der Waals surface area contributed by atoms with Gasteiger partial charge in [-0.3, -0.25) is 9.59 Å². The van der Waals surface area contributed by atoms with Crippen LogP contribution in [0.3, 0.4) is 0 Å². The van der Waals surface area contributed by atoms with Crippen LogP contribution >= 0.6 is 0 Å². The van der Waals surface area contributed by atoms with Gasteiger partial charge in [-0.15, -0.1) is 0 Å². The second-order valence-corrected chi connectivity index (χ2v) is 16.8. The van der Waals surface area contributed by atoms with Gasteiger partial charge in [0.25, 0.3) is 0 Å². The summed E-state index contributed by atoms with van der Waals surface area (Å²) in [5.41, 5.74) is -4.44. The molecule has 0 amide bonds. The number of carbonyl (C=O) groups is 4. The molecule has 2 aromatic carbocycles. The highest BCUT2D eigenvalue weighted by Crippen LogP contribution is 2.45. The number of benzene rings is 2. The molecule has 16 atom stereocenters. The summed E-state index contributed by atoms with van der Waals surface area (Å²) in [5, 5.41) is 126. The quantitative estimate of drug-likeness (QED) is 0.0527. The van der Waals surface area contributed by atoms with Crippen molar-refractivity contribution in [1.29, 1.82) is 0 Å². The summed E-state index contributed by atoms with van der Waals surface area (Å²) >= 11 is 0. The van der Waals surface area contributed by atoms with Crippen molar-refractivity contribution in [3.8, 4) is 23.0 Å². The van der Waals surface area contributed by atoms with Crippen molar-refractivity contribution >= 4 is 23.9 Å². The Balaban J connectivity index is 1.20. The van der Waals surface area contributed by atoms with Crippen LogP contribution < -0.4 is 18.9 Å². The third-order valence-electron chi connectivity index (χ3n) is 12.1. The molecule has 4 saturated heterocycles. The van der Waals surface area contributed by atoms with Crippen LogP contribution in [0.1, 0.15) is 61.2 Å². The van der Waals surface area contributed by atoms with Crippen molar-refractivity contribution in [2.24, 2.45) is 0 Å². The van der Waals surface area contributed by atoms with Gasteiger partial charge in [-0.1, -0.05) is 0 Å². The predicted molar refractivity (Wildman–Crippen MR) is 214 cm³/mol. The van der Waals surface area contributed by atoms with E-state index in [0.717, 1.165) is 13.8 Å². The molecule has 0 bridgehead atoms. The summed E-state index contributed by atoms with van der Waals surface area (Å²) < 4.78 is 49.7. The van der Waals surface area contributed by atoms with E-state index in [0.29, 0.717) is 0 Å². The van der Waals surface area contributed by atoms with E-state index < -0.39 is 147 Å². The largest absolute Gasteiger partial charge is 0.496 e. The molecule has 12 N–H and O–H groups in total. The molecule has 4 aliphatic heterocycles. The number of cyclic esters (lactones) is 2. The number of carboxylic acid groups (broad SMARTS) is 1. The third-order valence-corrected chi connectivity index (χ3v) is 12.1. The van der Waals surface area contributed by atoms with E-state index in [4.69, 9.17) is 42.6 Å². The molecule has 0 aromatic heterocycles. The minimum Gasteiger partial charge on any atom is -0.496 e. The topological polar surface area (TPSA) is 394 Å². The fourth-order valence-corrected chi connectivity index (χ4v) is 7.85. The van der Waals surface area contributed by atoms with Gasteiger partial charge in [0, 0.05) is 36.1 Å². The highest BCUT2D eigenvalue weighted by atomic mass is 16.7. The lowest BCUT2D eigenvalue weighted by atomic mass is 9.92. The maximum absolute atomic E-state index is 13.3. The van der Waals surface area contributed by atoms with Gasteiger partial charge in [0.05, 0.1) is 20.8 Å².